The molecule has 0 saturated heterocycles. The molecular weight excluding hydrogens is 343 g/mol. The van der Waals surface area contributed by atoms with Crippen molar-refractivity contribution in [1.82, 2.24) is 4.90 Å². The summed E-state index contributed by atoms with van der Waals surface area (Å²) in [4.78, 5) is 6.13. The second kappa shape index (κ2) is 7.62. The summed E-state index contributed by atoms with van der Waals surface area (Å²) in [7, 11) is 1.88. The van der Waals surface area contributed by atoms with E-state index in [2.05, 4.69) is 10.3 Å². The Labute approximate surface area is 143 Å². The Kier molecular flexibility index (Phi) is 5.80. The summed E-state index contributed by atoms with van der Waals surface area (Å²) in [6.45, 7) is 2.80. The standard InChI is InChI=1S/C16H15Cl2F2N3/c1-3-23(2)9-21-15-7-14(18)16(8-13(15)17)22-12-5-10(19)4-11(20)6-12/h4-9,22H,3H2,1-2H3. The molecule has 0 aliphatic carbocycles. The van der Waals surface area contributed by atoms with Crippen LogP contribution in [0.15, 0.2) is 35.3 Å². The van der Waals surface area contributed by atoms with Crippen LogP contribution < -0.4 is 5.32 Å². The largest absolute Gasteiger partial charge is 0.366 e. The summed E-state index contributed by atoms with van der Waals surface area (Å²) < 4.78 is 26.4. The number of anilines is 2. The van der Waals surface area contributed by atoms with Gasteiger partial charge in [0.05, 0.1) is 27.8 Å². The molecule has 23 heavy (non-hydrogen) atoms. The minimum absolute atomic E-state index is 0.238. The number of nitrogens with zero attached hydrogens (tertiary/aromatic N) is 2. The minimum atomic E-state index is -0.682. The first kappa shape index (κ1) is 17.5. The lowest BCUT2D eigenvalue weighted by atomic mass is 10.2. The molecule has 0 radical (unpaired) electrons. The van der Waals surface area contributed by atoms with Gasteiger partial charge in [0.2, 0.25) is 0 Å². The van der Waals surface area contributed by atoms with Gasteiger partial charge in [-0.15, -0.1) is 0 Å². The van der Waals surface area contributed by atoms with E-state index in [0.29, 0.717) is 21.4 Å². The zero-order valence-electron chi connectivity index (χ0n) is 12.6. The monoisotopic (exact) mass is 357 g/mol. The summed E-state index contributed by atoms with van der Waals surface area (Å²) in [5, 5.41) is 3.55. The van der Waals surface area contributed by atoms with E-state index in [1.54, 1.807) is 18.5 Å². The Bertz CT molecular complexity index is 715. The third-order valence-corrected chi connectivity index (χ3v) is 3.69. The van der Waals surface area contributed by atoms with Crippen LogP contribution in [0.1, 0.15) is 6.92 Å². The average molecular weight is 358 g/mol. The summed E-state index contributed by atoms with van der Waals surface area (Å²) in [6.07, 6.45) is 1.65. The van der Waals surface area contributed by atoms with Gasteiger partial charge in [0.1, 0.15) is 11.6 Å². The molecule has 122 valence electrons. The molecule has 0 fully saturated rings. The molecule has 2 aromatic carbocycles. The maximum atomic E-state index is 13.2. The number of halogens is 4. The average Bonchev–Trinajstić information content (AvgIpc) is 2.47. The molecule has 1 N–H and O–H groups in total. The van der Waals surface area contributed by atoms with E-state index < -0.39 is 11.6 Å². The number of rotatable bonds is 5. The summed E-state index contributed by atoms with van der Waals surface area (Å²) in [5.74, 6) is -1.36. The van der Waals surface area contributed by atoms with Gasteiger partial charge in [-0.25, -0.2) is 13.8 Å². The lowest BCUT2D eigenvalue weighted by Crippen LogP contribution is -2.14. The predicted molar refractivity (Wildman–Crippen MR) is 92.6 cm³/mol. The molecule has 0 spiro atoms. The second-order valence-electron chi connectivity index (χ2n) is 4.88. The van der Waals surface area contributed by atoms with Crippen LogP contribution in [0.4, 0.5) is 25.8 Å². The molecule has 0 atom stereocenters. The van der Waals surface area contributed by atoms with Crippen LogP contribution in [0, 0.1) is 11.6 Å². The predicted octanol–water partition coefficient (Wildman–Crippen LogP) is 5.63. The molecular formula is C16H15Cl2F2N3. The van der Waals surface area contributed by atoms with Crippen molar-refractivity contribution in [3.8, 4) is 0 Å². The Morgan fingerprint density at radius 3 is 2.35 bits per heavy atom. The Balaban J connectivity index is 2.27. The third-order valence-electron chi connectivity index (χ3n) is 3.07. The topological polar surface area (TPSA) is 27.6 Å². The van der Waals surface area contributed by atoms with E-state index >= 15 is 0 Å². The van der Waals surface area contributed by atoms with E-state index in [4.69, 9.17) is 23.2 Å². The first-order valence-corrected chi connectivity index (χ1v) is 7.61. The van der Waals surface area contributed by atoms with Crippen molar-refractivity contribution in [2.75, 3.05) is 18.9 Å². The highest BCUT2D eigenvalue weighted by molar-refractivity contribution is 6.37. The maximum absolute atomic E-state index is 13.2. The van der Waals surface area contributed by atoms with Gasteiger partial charge in [0.15, 0.2) is 0 Å². The lowest BCUT2D eigenvalue weighted by Gasteiger charge is -2.12. The summed E-state index contributed by atoms with van der Waals surface area (Å²) in [5.41, 5.74) is 1.18. The van der Waals surface area contributed by atoms with Gasteiger partial charge >= 0.3 is 0 Å². The molecule has 0 bridgehead atoms. The molecule has 0 aliphatic rings. The van der Waals surface area contributed by atoms with Gasteiger partial charge in [-0.3, -0.25) is 0 Å². The molecule has 2 rings (SSSR count). The molecule has 0 unspecified atom stereocenters. The van der Waals surface area contributed by atoms with Crippen molar-refractivity contribution in [2.24, 2.45) is 4.99 Å². The molecule has 0 amide bonds. The molecule has 0 saturated carbocycles. The normalized spacial score (nSPS) is 11.0. The fraction of sp³-hybridized carbons (Fsp3) is 0.188. The maximum Gasteiger partial charge on any atom is 0.128 e. The van der Waals surface area contributed by atoms with Gasteiger partial charge in [-0.2, -0.15) is 0 Å². The van der Waals surface area contributed by atoms with E-state index in [0.717, 1.165) is 24.7 Å². The highest BCUT2D eigenvalue weighted by Crippen LogP contribution is 2.35. The van der Waals surface area contributed by atoms with Crippen molar-refractivity contribution in [3.05, 3.63) is 52.0 Å². The van der Waals surface area contributed by atoms with Gasteiger partial charge in [0.25, 0.3) is 0 Å². The first-order valence-electron chi connectivity index (χ1n) is 6.85. The zero-order valence-corrected chi connectivity index (χ0v) is 14.1. The third kappa shape index (κ3) is 4.81. The van der Waals surface area contributed by atoms with Crippen LogP contribution in [-0.4, -0.2) is 24.8 Å². The van der Waals surface area contributed by atoms with E-state index in [1.807, 2.05) is 18.9 Å². The Morgan fingerprint density at radius 2 is 1.74 bits per heavy atom. The smallest absolute Gasteiger partial charge is 0.128 e. The summed E-state index contributed by atoms with van der Waals surface area (Å²) >= 11 is 12.4. The Morgan fingerprint density at radius 1 is 1.09 bits per heavy atom. The number of aliphatic imine (C=N–C) groups is 1. The second-order valence-corrected chi connectivity index (χ2v) is 5.70. The molecule has 0 aliphatic heterocycles. The minimum Gasteiger partial charge on any atom is -0.366 e. The highest BCUT2D eigenvalue weighted by Gasteiger charge is 2.09. The van der Waals surface area contributed by atoms with Crippen molar-refractivity contribution in [2.45, 2.75) is 6.92 Å². The van der Waals surface area contributed by atoms with Crippen molar-refractivity contribution >= 4 is 46.6 Å². The van der Waals surface area contributed by atoms with Gasteiger partial charge in [-0.1, -0.05) is 23.2 Å². The van der Waals surface area contributed by atoms with Crippen LogP contribution in [0.5, 0.6) is 0 Å². The summed E-state index contributed by atoms with van der Waals surface area (Å²) in [6, 6.07) is 6.26. The Hall–Kier alpha value is -1.85. The fourth-order valence-corrected chi connectivity index (χ4v) is 2.17. The first-order chi connectivity index (χ1) is 10.9. The van der Waals surface area contributed by atoms with Crippen LogP contribution in [-0.2, 0) is 0 Å². The quantitative estimate of drug-likeness (QED) is 0.554. The molecule has 3 nitrogen and oxygen atoms in total. The fourth-order valence-electron chi connectivity index (χ4n) is 1.75. The van der Waals surface area contributed by atoms with Gasteiger partial charge < -0.3 is 10.2 Å². The number of benzene rings is 2. The zero-order chi connectivity index (χ0) is 17.0. The van der Waals surface area contributed by atoms with Gasteiger partial charge in [-0.05, 0) is 31.2 Å². The van der Waals surface area contributed by atoms with Crippen molar-refractivity contribution < 1.29 is 8.78 Å². The van der Waals surface area contributed by atoms with Crippen molar-refractivity contribution in [3.63, 3.8) is 0 Å². The lowest BCUT2D eigenvalue weighted by molar-refractivity contribution is 0.552. The van der Waals surface area contributed by atoms with Crippen LogP contribution in [0.2, 0.25) is 10.0 Å². The molecule has 7 heteroatoms. The van der Waals surface area contributed by atoms with Gasteiger partial charge in [0, 0.05) is 25.3 Å². The highest BCUT2D eigenvalue weighted by atomic mass is 35.5. The molecule has 2 aromatic rings. The van der Waals surface area contributed by atoms with Crippen LogP contribution >= 0.6 is 23.2 Å². The SMILES string of the molecule is CCN(C)C=Nc1cc(Cl)c(Nc2cc(F)cc(F)c2)cc1Cl. The van der Waals surface area contributed by atoms with E-state index in [9.17, 15) is 8.78 Å². The number of nitrogens with one attached hydrogen (secondary N) is 1. The molecule has 0 aromatic heterocycles. The van der Waals surface area contributed by atoms with Crippen LogP contribution in [0.25, 0.3) is 0 Å². The van der Waals surface area contributed by atoms with Crippen LogP contribution in [0.3, 0.4) is 0 Å². The number of hydrogen-bond acceptors (Lipinski definition) is 2. The van der Waals surface area contributed by atoms with Crippen molar-refractivity contribution in [1.29, 1.82) is 0 Å². The number of hydrogen-bond donors (Lipinski definition) is 1. The van der Waals surface area contributed by atoms with E-state index in [1.165, 1.54) is 0 Å². The molecule has 0 heterocycles. The van der Waals surface area contributed by atoms with E-state index in [-0.39, 0.29) is 5.69 Å².